The summed E-state index contributed by atoms with van der Waals surface area (Å²) >= 11 is 0. The summed E-state index contributed by atoms with van der Waals surface area (Å²) in [5.41, 5.74) is 0.908. The molecule has 0 aromatic heterocycles. The first-order valence-electron chi connectivity index (χ1n) is 7.53. The van der Waals surface area contributed by atoms with E-state index in [9.17, 15) is 14.4 Å². The van der Waals surface area contributed by atoms with Crippen molar-refractivity contribution in [1.82, 2.24) is 10.2 Å². The highest BCUT2D eigenvalue weighted by Gasteiger charge is 2.42. The quantitative estimate of drug-likeness (QED) is 0.824. The number of hydrogen-bond acceptors (Lipinski definition) is 4. The second kappa shape index (κ2) is 4.91. The van der Waals surface area contributed by atoms with Gasteiger partial charge < -0.3 is 10.1 Å². The van der Waals surface area contributed by atoms with Crippen molar-refractivity contribution in [2.75, 3.05) is 6.54 Å². The maximum absolute atomic E-state index is 12.3. The SMILES string of the molecule is O=C1CC2CC[C@@H](CN3C(=O)c4ccccc4C3=O)OC2N1. The Morgan fingerprint density at radius 3 is 2.45 bits per heavy atom. The number of ether oxygens (including phenoxy) is 1. The third-order valence-corrected chi connectivity index (χ3v) is 4.64. The molecular weight excluding hydrogens is 284 g/mol. The molecule has 0 radical (unpaired) electrons. The topological polar surface area (TPSA) is 75.7 Å². The lowest BCUT2D eigenvalue weighted by molar-refractivity contribution is -0.122. The number of rotatable bonds is 2. The highest BCUT2D eigenvalue weighted by Crippen LogP contribution is 2.32. The third kappa shape index (κ3) is 2.02. The summed E-state index contributed by atoms with van der Waals surface area (Å²) in [6.07, 6.45) is 1.63. The van der Waals surface area contributed by atoms with Gasteiger partial charge in [0, 0.05) is 12.3 Å². The fourth-order valence-corrected chi connectivity index (χ4v) is 3.50. The number of nitrogens with one attached hydrogen (secondary N) is 1. The van der Waals surface area contributed by atoms with Crippen molar-refractivity contribution in [2.45, 2.75) is 31.6 Å². The summed E-state index contributed by atoms with van der Waals surface area (Å²) in [4.78, 5) is 37.3. The van der Waals surface area contributed by atoms with Crippen LogP contribution in [0.4, 0.5) is 0 Å². The Morgan fingerprint density at radius 2 is 1.77 bits per heavy atom. The summed E-state index contributed by atoms with van der Waals surface area (Å²) in [6.45, 7) is 0.242. The molecule has 6 nitrogen and oxygen atoms in total. The lowest BCUT2D eigenvalue weighted by atomic mass is 9.95. The van der Waals surface area contributed by atoms with Gasteiger partial charge in [-0.2, -0.15) is 0 Å². The van der Waals surface area contributed by atoms with Crippen LogP contribution in [0.2, 0.25) is 0 Å². The maximum Gasteiger partial charge on any atom is 0.261 e. The molecule has 0 aliphatic carbocycles. The van der Waals surface area contributed by atoms with Crippen molar-refractivity contribution in [2.24, 2.45) is 5.92 Å². The molecule has 3 amide bonds. The molecule has 0 saturated carbocycles. The Hall–Kier alpha value is -2.21. The molecule has 2 unspecified atom stereocenters. The number of hydrogen-bond donors (Lipinski definition) is 1. The zero-order chi connectivity index (χ0) is 15.3. The van der Waals surface area contributed by atoms with Crippen LogP contribution >= 0.6 is 0 Å². The predicted molar refractivity (Wildman–Crippen MR) is 76.0 cm³/mol. The van der Waals surface area contributed by atoms with Gasteiger partial charge in [0.2, 0.25) is 5.91 Å². The molecule has 1 aromatic carbocycles. The van der Waals surface area contributed by atoms with E-state index in [4.69, 9.17) is 4.74 Å². The molecular formula is C16H16N2O4. The average Bonchev–Trinajstić information content (AvgIpc) is 3.00. The van der Waals surface area contributed by atoms with Gasteiger partial charge in [-0.1, -0.05) is 12.1 Å². The van der Waals surface area contributed by atoms with Crippen LogP contribution in [-0.2, 0) is 9.53 Å². The zero-order valence-electron chi connectivity index (χ0n) is 12.0. The van der Waals surface area contributed by atoms with Crippen LogP contribution in [0.25, 0.3) is 0 Å². The van der Waals surface area contributed by atoms with Crippen LogP contribution < -0.4 is 5.32 Å². The van der Waals surface area contributed by atoms with Crippen LogP contribution in [-0.4, -0.2) is 41.5 Å². The minimum absolute atomic E-state index is 0.0105. The van der Waals surface area contributed by atoms with Gasteiger partial charge in [-0.25, -0.2) is 0 Å². The van der Waals surface area contributed by atoms with Gasteiger partial charge >= 0.3 is 0 Å². The fraction of sp³-hybridized carbons (Fsp3) is 0.438. The van der Waals surface area contributed by atoms with E-state index in [2.05, 4.69) is 5.32 Å². The molecule has 2 saturated heterocycles. The van der Waals surface area contributed by atoms with Crippen molar-refractivity contribution in [1.29, 1.82) is 0 Å². The zero-order valence-corrected chi connectivity index (χ0v) is 12.0. The molecule has 2 fully saturated rings. The van der Waals surface area contributed by atoms with Crippen LogP contribution in [0.3, 0.4) is 0 Å². The molecule has 3 aliphatic rings. The summed E-state index contributed by atoms with van der Waals surface area (Å²) in [5, 5.41) is 2.80. The molecule has 114 valence electrons. The highest BCUT2D eigenvalue weighted by atomic mass is 16.5. The number of imide groups is 1. The standard InChI is InChI=1S/C16H16N2O4/c19-13-7-9-5-6-10(22-14(9)17-13)8-18-15(20)11-3-1-2-4-12(11)16(18)21/h1-4,9-10,14H,5-8H2,(H,17,19)/t9?,10-,14?/m0/s1. The first kappa shape index (κ1) is 13.5. The largest absolute Gasteiger partial charge is 0.353 e. The van der Waals surface area contributed by atoms with E-state index in [1.807, 2.05) is 0 Å². The lowest BCUT2D eigenvalue weighted by Crippen LogP contribution is -2.45. The minimum atomic E-state index is -0.276. The minimum Gasteiger partial charge on any atom is -0.353 e. The predicted octanol–water partition coefficient (Wildman–Crippen LogP) is 0.924. The normalized spacial score (nSPS) is 30.3. The Balaban J connectivity index is 1.48. The number of nitrogens with zero attached hydrogens (tertiary/aromatic N) is 1. The van der Waals surface area contributed by atoms with Gasteiger partial charge in [0.1, 0.15) is 6.23 Å². The summed E-state index contributed by atoms with van der Waals surface area (Å²) < 4.78 is 5.86. The van der Waals surface area contributed by atoms with Gasteiger partial charge in [-0.15, -0.1) is 0 Å². The van der Waals surface area contributed by atoms with Gasteiger partial charge in [0.05, 0.1) is 23.8 Å². The van der Waals surface area contributed by atoms with Crippen molar-refractivity contribution in [3.63, 3.8) is 0 Å². The van der Waals surface area contributed by atoms with E-state index in [0.717, 1.165) is 12.8 Å². The molecule has 3 aliphatic heterocycles. The molecule has 1 N–H and O–H groups in total. The Bertz CT molecular complexity index is 637. The number of fused-ring (bicyclic) bond motifs is 2. The van der Waals surface area contributed by atoms with E-state index < -0.39 is 0 Å². The molecule has 1 aromatic rings. The van der Waals surface area contributed by atoms with E-state index in [0.29, 0.717) is 17.5 Å². The molecule has 3 atom stereocenters. The first-order valence-corrected chi connectivity index (χ1v) is 7.53. The molecule has 22 heavy (non-hydrogen) atoms. The second-order valence-electron chi connectivity index (χ2n) is 6.05. The Labute approximate surface area is 127 Å². The second-order valence-corrected chi connectivity index (χ2v) is 6.05. The Morgan fingerprint density at radius 1 is 1.09 bits per heavy atom. The van der Waals surface area contributed by atoms with Crippen LogP contribution in [0.15, 0.2) is 24.3 Å². The van der Waals surface area contributed by atoms with E-state index in [1.165, 1.54) is 4.90 Å². The van der Waals surface area contributed by atoms with E-state index in [1.54, 1.807) is 24.3 Å². The molecule has 0 spiro atoms. The number of carbonyl (C=O) groups is 3. The van der Waals surface area contributed by atoms with E-state index >= 15 is 0 Å². The summed E-state index contributed by atoms with van der Waals surface area (Å²) in [6, 6.07) is 6.85. The van der Waals surface area contributed by atoms with Gasteiger partial charge in [0.15, 0.2) is 0 Å². The monoisotopic (exact) mass is 300 g/mol. The molecule has 4 rings (SSSR count). The third-order valence-electron chi connectivity index (χ3n) is 4.64. The van der Waals surface area contributed by atoms with Crippen LogP contribution in [0.1, 0.15) is 40.0 Å². The van der Waals surface area contributed by atoms with Gasteiger partial charge in [-0.05, 0) is 25.0 Å². The summed E-state index contributed by atoms with van der Waals surface area (Å²) in [7, 11) is 0. The van der Waals surface area contributed by atoms with Crippen molar-refractivity contribution in [3.05, 3.63) is 35.4 Å². The van der Waals surface area contributed by atoms with Crippen molar-refractivity contribution < 1.29 is 19.1 Å². The average molecular weight is 300 g/mol. The molecule has 3 heterocycles. The number of amides is 3. The van der Waals surface area contributed by atoms with Crippen LogP contribution in [0.5, 0.6) is 0 Å². The Kier molecular flexibility index (Phi) is 3.00. The number of carbonyl (C=O) groups excluding carboxylic acids is 3. The van der Waals surface area contributed by atoms with Crippen molar-refractivity contribution in [3.8, 4) is 0 Å². The molecule has 6 heteroatoms. The fourth-order valence-electron chi connectivity index (χ4n) is 3.50. The van der Waals surface area contributed by atoms with Crippen molar-refractivity contribution >= 4 is 17.7 Å². The van der Waals surface area contributed by atoms with Crippen LogP contribution in [0, 0.1) is 5.92 Å². The number of benzene rings is 1. The molecule has 0 bridgehead atoms. The maximum atomic E-state index is 12.3. The lowest BCUT2D eigenvalue weighted by Gasteiger charge is -2.33. The first-order chi connectivity index (χ1) is 10.6. The van der Waals surface area contributed by atoms with Gasteiger partial charge in [0.25, 0.3) is 11.8 Å². The summed E-state index contributed by atoms with van der Waals surface area (Å²) in [5.74, 6) is -0.300. The van der Waals surface area contributed by atoms with E-state index in [-0.39, 0.29) is 42.5 Å². The smallest absolute Gasteiger partial charge is 0.261 e. The highest BCUT2D eigenvalue weighted by molar-refractivity contribution is 6.21. The van der Waals surface area contributed by atoms with Gasteiger partial charge in [-0.3, -0.25) is 19.3 Å².